The quantitative estimate of drug-likeness (QED) is 0.297. The molecule has 6 heteroatoms. The van der Waals surface area contributed by atoms with Crippen LogP contribution >= 0.6 is 0 Å². The molecule has 1 aliphatic heterocycles. The molecule has 4 rings (SSSR count). The maximum atomic E-state index is 13.1. The van der Waals surface area contributed by atoms with E-state index in [0.717, 1.165) is 16.7 Å². The lowest BCUT2D eigenvalue weighted by Crippen LogP contribution is -2.35. The van der Waals surface area contributed by atoms with Crippen LogP contribution in [-0.2, 0) is 16.2 Å². The molecule has 1 N–H and O–H groups in total. The van der Waals surface area contributed by atoms with E-state index in [9.17, 15) is 14.7 Å². The summed E-state index contributed by atoms with van der Waals surface area (Å²) in [6.07, 6.45) is 0. The summed E-state index contributed by atoms with van der Waals surface area (Å²) in [5.41, 5.74) is 3.45. The van der Waals surface area contributed by atoms with Gasteiger partial charge in [0, 0.05) is 18.7 Å². The molecule has 0 spiro atoms. The third kappa shape index (κ3) is 5.44. The molecule has 0 bridgehead atoms. The number of aliphatic hydroxyl groups is 1. The van der Waals surface area contributed by atoms with Gasteiger partial charge in [-0.05, 0) is 44.3 Å². The minimum atomic E-state index is -0.681. The molecule has 0 saturated carbocycles. The van der Waals surface area contributed by atoms with E-state index in [2.05, 4.69) is 0 Å². The Labute approximate surface area is 206 Å². The second-order valence-corrected chi connectivity index (χ2v) is 9.01. The molecule has 1 saturated heterocycles. The van der Waals surface area contributed by atoms with E-state index < -0.39 is 17.7 Å². The molecular formula is C29H30N2O4. The number of amides is 1. The summed E-state index contributed by atoms with van der Waals surface area (Å²) in [5.74, 6) is -0.752. The maximum absolute atomic E-state index is 13.1. The van der Waals surface area contributed by atoms with Gasteiger partial charge in [0.25, 0.3) is 11.7 Å². The van der Waals surface area contributed by atoms with E-state index >= 15 is 0 Å². The zero-order valence-corrected chi connectivity index (χ0v) is 20.3. The molecule has 0 aliphatic carbocycles. The van der Waals surface area contributed by atoms with Crippen LogP contribution in [0.4, 0.5) is 0 Å². The van der Waals surface area contributed by atoms with Crippen molar-refractivity contribution < 1.29 is 19.4 Å². The van der Waals surface area contributed by atoms with E-state index in [-0.39, 0.29) is 11.3 Å². The van der Waals surface area contributed by atoms with Crippen molar-refractivity contribution in [1.29, 1.82) is 0 Å². The van der Waals surface area contributed by atoms with Crippen LogP contribution in [0.2, 0.25) is 0 Å². The van der Waals surface area contributed by atoms with Crippen LogP contribution in [0, 0.1) is 6.92 Å². The Morgan fingerprint density at radius 3 is 2.23 bits per heavy atom. The number of ketones is 1. The van der Waals surface area contributed by atoms with Crippen molar-refractivity contribution in [1.82, 2.24) is 9.80 Å². The first-order chi connectivity index (χ1) is 16.8. The largest absolute Gasteiger partial charge is 0.507 e. The highest BCUT2D eigenvalue weighted by Gasteiger charge is 2.45. The van der Waals surface area contributed by atoms with E-state index in [1.165, 1.54) is 0 Å². The molecule has 1 aliphatic rings. The molecule has 3 aromatic carbocycles. The van der Waals surface area contributed by atoms with Gasteiger partial charge >= 0.3 is 0 Å². The molecule has 1 heterocycles. The zero-order valence-electron chi connectivity index (χ0n) is 20.3. The highest BCUT2D eigenvalue weighted by molar-refractivity contribution is 6.46. The number of aliphatic hydroxyl groups excluding tert-OH is 1. The fourth-order valence-corrected chi connectivity index (χ4v) is 4.12. The molecule has 1 fully saturated rings. The Morgan fingerprint density at radius 2 is 1.60 bits per heavy atom. The predicted octanol–water partition coefficient (Wildman–Crippen LogP) is 4.56. The molecule has 3 aromatic rings. The lowest BCUT2D eigenvalue weighted by molar-refractivity contribution is -0.140. The smallest absolute Gasteiger partial charge is 0.295 e. The molecule has 1 unspecified atom stereocenters. The summed E-state index contributed by atoms with van der Waals surface area (Å²) in [5, 5.41) is 11.1. The zero-order chi connectivity index (χ0) is 24.9. The van der Waals surface area contributed by atoms with Crippen molar-refractivity contribution in [2.24, 2.45) is 0 Å². The van der Waals surface area contributed by atoms with Gasteiger partial charge in [-0.2, -0.15) is 0 Å². The Bertz CT molecular complexity index is 1220. The molecule has 1 amide bonds. The number of rotatable bonds is 8. The van der Waals surface area contributed by atoms with Crippen molar-refractivity contribution in [3.8, 4) is 5.75 Å². The Kier molecular flexibility index (Phi) is 7.32. The van der Waals surface area contributed by atoms with Gasteiger partial charge in [0.1, 0.15) is 18.1 Å². The number of hydrogen-bond donors (Lipinski definition) is 1. The van der Waals surface area contributed by atoms with Gasteiger partial charge < -0.3 is 19.6 Å². The van der Waals surface area contributed by atoms with Crippen LogP contribution < -0.4 is 4.74 Å². The van der Waals surface area contributed by atoms with Crippen molar-refractivity contribution in [2.45, 2.75) is 19.6 Å². The Hall–Kier alpha value is -3.90. The average Bonchev–Trinajstić information content (AvgIpc) is 3.12. The first-order valence-corrected chi connectivity index (χ1v) is 11.6. The van der Waals surface area contributed by atoms with Gasteiger partial charge in [-0.1, -0.05) is 72.3 Å². The van der Waals surface area contributed by atoms with E-state index in [4.69, 9.17) is 4.74 Å². The van der Waals surface area contributed by atoms with E-state index in [0.29, 0.717) is 31.0 Å². The normalized spacial score (nSPS) is 17.3. The van der Waals surface area contributed by atoms with E-state index in [1.54, 1.807) is 17.0 Å². The molecule has 0 aromatic heterocycles. The first kappa shape index (κ1) is 24.2. The number of likely N-dealkylation sites (tertiary alicyclic amines) is 1. The number of aryl methyl sites for hydroxylation is 1. The monoisotopic (exact) mass is 470 g/mol. The van der Waals surface area contributed by atoms with Crippen molar-refractivity contribution in [3.05, 3.63) is 107 Å². The molecule has 6 nitrogen and oxygen atoms in total. The predicted molar refractivity (Wildman–Crippen MR) is 136 cm³/mol. The Balaban J connectivity index is 1.67. The van der Waals surface area contributed by atoms with Crippen LogP contribution in [0.3, 0.4) is 0 Å². The number of Topliss-reactive ketones (excluding diaryl/α,β-unsaturated/α-hetero) is 1. The summed E-state index contributed by atoms with van der Waals surface area (Å²) in [6, 6.07) is 23.8. The van der Waals surface area contributed by atoms with Crippen LogP contribution in [0.1, 0.15) is 28.3 Å². The van der Waals surface area contributed by atoms with Crippen LogP contribution in [0.5, 0.6) is 5.75 Å². The SMILES string of the molecule is Cc1ccc(C(O)=C2C(=O)C(=O)N(CCN(C)C)C2c2ccc(OCc3ccccc3)cc2)cc1. The molecule has 0 radical (unpaired) electrons. The van der Waals surface area contributed by atoms with Gasteiger partial charge in [-0.3, -0.25) is 9.59 Å². The summed E-state index contributed by atoms with van der Waals surface area (Å²) < 4.78 is 5.90. The summed E-state index contributed by atoms with van der Waals surface area (Å²) in [4.78, 5) is 29.6. The highest BCUT2D eigenvalue weighted by atomic mass is 16.5. The Morgan fingerprint density at radius 1 is 0.943 bits per heavy atom. The second kappa shape index (κ2) is 10.6. The third-order valence-electron chi connectivity index (χ3n) is 6.10. The second-order valence-electron chi connectivity index (χ2n) is 9.01. The molecule has 1 atom stereocenters. The highest BCUT2D eigenvalue weighted by Crippen LogP contribution is 2.39. The lowest BCUT2D eigenvalue weighted by Gasteiger charge is -2.26. The summed E-state index contributed by atoms with van der Waals surface area (Å²) in [6.45, 7) is 3.34. The minimum absolute atomic E-state index is 0.107. The van der Waals surface area contributed by atoms with Gasteiger partial charge in [0.2, 0.25) is 0 Å². The summed E-state index contributed by atoms with van der Waals surface area (Å²) in [7, 11) is 3.83. The lowest BCUT2D eigenvalue weighted by atomic mass is 9.95. The fourth-order valence-electron chi connectivity index (χ4n) is 4.12. The third-order valence-corrected chi connectivity index (χ3v) is 6.10. The van der Waals surface area contributed by atoms with Crippen LogP contribution in [0.15, 0.2) is 84.4 Å². The number of ether oxygens (including phenoxy) is 1. The maximum Gasteiger partial charge on any atom is 0.295 e. The number of likely N-dealkylation sites (N-methyl/N-ethyl adjacent to an activating group) is 1. The van der Waals surface area contributed by atoms with Gasteiger partial charge in [0.15, 0.2) is 0 Å². The van der Waals surface area contributed by atoms with Gasteiger partial charge in [-0.25, -0.2) is 0 Å². The fraction of sp³-hybridized carbons (Fsp3) is 0.241. The number of benzene rings is 3. The topological polar surface area (TPSA) is 70.1 Å². The number of carbonyl (C=O) groups is 2. The number of nitrogens with zero attached hydrogens (tertiary/aromatic N) is 2. The molecular weight excluding hydrogens is 440 g/mol. The minimum Gasteiger partial charge on any atom is -0.507 e. The average molecular weight is 471 g/mol. The molecule has 180 valence electrons. The number of hydrogen-bond acceptors (Lipinski definition) is 5. The van der Waals surface area contributed by atoms with Crippen molar-refractivity contribution >= 4 is 17.4 Å². The standard InChI is InChI=1S/C29H30N2O4/c1-20-9-11-23(12-10-20)27(32)25-26(31(18-17-30(2)3)29(34)28(25)33)22-13-15-24(16-14-22)35-19-21-7-5-4-6-8-21/h4-16,26,32H,17-19H2,1-3H3. The van der Waals surface area contributed by atoms with Crippen LogP contribution in [-0.4, -0.2) is 53.8 Å². The van der Waals surface area contributed by atoms with Crippen molar-refractivity contribution in [3.63, 3.8) is 0 Å². The number of carbonyl (C=O) groups excluding carboxylic acids is 2. The first-order valence-electron chi connectivity index (χ1n) is 11.6. The van der Waals surface area contributed by atoms with Crippen molar-refractivity contribution in [2.75, 3.05) is 27.2 Å². The van der Waals surface area contributed by atoms with Crippen LogP contribution in [0.25, 0.3) is 5.76 Å². The molecule has 35 heavy (non-hydrogen) atoms. The summed E-state index contributed by atoms with van der Waals surface area (Å²) >= 11 is 0. The van der Waals surface area contributed by atoms with Gasteiger partial charge in [0.05, 0.1) is 11.6 Å². The van der Waals surface area contributed by atoms with E-state index in [1.807, 2.05) is 92.6 Å². The van der Waals surface area contributed by atoms with Gasteiger partial charge in [-0.15, -0.1) is 0 Å².